The van der Waals surface area contributed by atoms with Crippen LogP contribution in [0.3, 0.4) is 0 Å². The standard InChI is InChI=1S/C53H70FN5O9/c1-52-19-17-37(60)32-36(52)12-13-40-42-14-15-44(53(42,2)20-18-43(40)52)47(61)33-67-26-7-3-4-10-48(62)55-21-27-66-28-29-68-34-49(63)58-22-24-59(25-23-58)51(65)41-30-35(11-16-45(41)54)31-46-38-8-5-6-9-39(38)50(64)57-56-46/h5-6,8-9,11,16,30,32,40,42-44,50,57,64H,3-4,7,10,12-15,17-29,31,33-34H2,1-2H3,(H,55,62)/t40-,42-,43?,44+,50?,52-,53-/m0/s1. The maximum atomic E-state index is 14.9. The lowest BCUT2D eigenvalue weighted by molar-refractivity contribution is -0.138. The predicted molar refractivity (Wildman–Crippen MR) is 253 cm³/mol. The Balaban J connectivity index is 0.628. The Morgan fingerprint density at radius 2 is 1.63 bits per heavy atom. The van der Waals surface area contributed by atoms with E-state index in [9.17, 15) is 33.5 Å². The number of hydrogen-bond donors (Lipinski definition) is 3. The number of piperazine rings is 1. The van der Waals surface area contributed by atoms with E-state index < -0.39 is 18.0 Å². The van der Waals surface area contributed by atoms with E-state index in [-0.39, 0.29) is 79.4 Å². The number of ketones is 2. The number of carbonyl (C=O) groups is 5. The smallest absolute Gasteiger partial charge is 0.256 e. The molecular weight excluding hydrogens is 870 g/mol. The van der Waals surface area contributed by atoms with E-state index in [1.165, 1.54) is 11.6 Å². The fraction of sp³-hybridized carbons (Fsp3) is 0.623. The van der Waals surface area contributed by atoms with E-state index in [0.29, 0.717) is 92.5 Å². The Morgan fingerprint density at radius 1 is 0.853 bits per heavy atom. The number of benzene rings is 2. The molecule has 368 valence electrons. The van der Waals surface area contributed by atoms with Crippen molar-refractivity contribution in [2.24, 2.45) is 39.6 Å². The molecule has 15 heteroatoms. The van der Waals surface area contributed by atoms with Crippen molar-refractivity contribution in [2.75, 3.05) is 72.4 Å². The van der Waals surface area contributed by atoms with Crippen molar-refractivity contribution in [1.29, 1.82) is 0 Å². The van der Waals surface area contributed by atoms with Gasteiger partial charge in [-0.05, 0) is 110 Å². The van der Waals surface area contributed by atoms with E-state index in [0.717, 1.165) is 69.8 Å². The van der Waals surface area contributed by atoms with Gasteiger partial charge in [-0.1, -0.05) is 56.2 Å². The minimum absolute atomic E-state index is 0.0375. The van der Waals surface area contributed by atoms with Crippen molar-refractivity contribution < 1.29 is 47.7 Å². The number of ether oxygens (including phenoxy) is 3. The van der Waals surface area contributed by atoms with Crippen LogP contribution in [0.15, 0.2) is 59.2 Å². The Bertz CT molecular complexity index is 2240. The van der Waals surface area contributed by atoms with Crippen molar-refractivity contribution in [3.05, 3.63) is 82.2 Å². The molecule has 6 aliphatic rings. The van der Waals surface area contributed by atoms with Crippen molar-refractivity contribution in [1.82, 2.24) is 20.5 Å². The first kappa shape index (κ1) is 49.6. The summed E-state index contributed by atoms with van der Waals surface area (Å²) in [6.45, 7) is 7.60. The van der Waals surface area contributed by atoms with Gasteiger partial charge >= 0.3 is 0 Å². The Morgan fingerprint density at radius 3 is 2.47 bits per heavy atom. The molecule has 3 amide bonds. The lowest BCUT2D eigenvalue weighted by atomic mass is 9.46. The lowest BCUT2D eigenvalue weighted by Gasteiger charge is -2.58. The van der Waals surface area contributed by atoms with Crippen LogP contribution >= 0.6 is 0 Å². The fourth-order valence-corrected chi connectivity index (χ4v) is 12.6. The lowest BCUT2D eigenvalue weighted by Crippen LogP contribution is -2.51. The number of nitrogens with one attached hydrogen (secondary N) is 2. The zero-order valence-corrected chi connectivity index (χ0v) is 39.9. The number of aliphatic hydroxyl groups is 1. The normalized spacial score (nSPS) is 27.5. The zero-order valence-electron chi connectivity index (χ0n) is 39.9. The van der Waals surface area contributed by atoms with Crippen LogP contribution < -0.4 is 10.7 Å². The Labute approximate surface area is 399 Å². The van der Waals surface area contributed by atoms with Gasteiger partial charge in [-0.2, -0.15) is 5.10 Å². The predicted octanol–water partition coefficient (Wildman–Crippen LogP) is 6.09. The summed E-state index contributed by atoms with van der Waals surface area (Å²) in [6, 6.07) is 11.8. The SMILES string of the molecule is C[C@]12CCC3[C@@H](CCC4=CC(=O)CC[C@@]43C)[C@@H]1CC[C@@H]2C(=O)COCCCCCC(=O)NCCOCCOCC(=O)N1CCN(C(=O)c2cc(CC3=NNC(O)c4ccccc43)ccc2F)CC1. The molecule has 1 saturated heterocycles. The van der Waals surface area contributed by atoms with Crippen LogP contribution in [0.1, 0.15) is 124 Å². The summed E-state index contributed by atoms with van der Waals surface area (Å²) in [7, 11) is 0. The third-order valence-corrected chi connectivity index (χ3v) is 16.4. The van der Waals surface area contributed by atoms with E-state index in [4.69, 9.17) is 14.2 Å². The second kappa shape index (κ2) is 22.3. The number of Topliss-reactive ketones (excluding diaryl/α,β-unsaturated/α-hetero) is 1. The van der Waals surface area contributed by atoms with Crippen LogP contribution in [0.25, 0.3) is 0 Å². The summed E-state index contributed by atoms with van der Waals surface area (Å²) in [4.78, 5) is 67.4. The van der Waals surface area contributed by atoms with Crippen molar-refractivity contribution in [2.45, 2.75) is 104 Å². The number of hydrogen-bond acceptors (Lipinski definition) is 11. The molecule has 0 bridgehead atoms. The average Bonchev–Trinajstić information content (AvgIpc) is 3.71. The summed E-state index contributed by atoms with van der Waals surface area (Å²) >= 11 is 0. The molecule has 0 spiro atoms. The first-order valence-electron chi connectivity index (χ1n) is 25.1. The van der Waals surface area contributed by atoms with Crippen molar-refractivity contribution in [3.8, 4) is 0 Å². The number of fused-ring (bicyclic) bond motifs is 6. The number of allylic oxidation sites excluding steroid dienone is 1. The van der Waals surface area contributed by atoms with Gasteiger partial charge in [0.25, 0.3) is 5.91 Å². The monoisotopic (exact) mass is 940 g/mol. The molecule has 8 rings (SSSR count). The molecule has 14 nitrogen and oxygen atoms in total. The minimum Gasteiger partial charge on any atom is -0.377 e. The number of aliphatic hydroxyl groups excluding tert-OH is 1. The minimum atomic E-state index is -0.914. The highest BCUT2D eigenvalue weighted by molar-refractivity contribution is 6.04. The van der Waals surface area contributed by atoms with Crippen LogP contribution in [-0.4, -0.2) is 122 Å². The van der Waals surface area contributed by atoms with Gasteiger partial charge in [-0.25, -0.2) is 4.39 Å². The van der Waals surface area contributed by atoms with Gasteiger partial charge < -0.3 is 34.4 Å². The van der Waals surface area contributed by atoms with Crippen LogP contribution in [0, 0.1) is 40.3 Å². The van der Waals surface area contributed by atoms with Gasteiger partial charge in [0.1, 0.15) is 19.0 Å². The summed E-state index contributed by atoms with van der Waals surface area (Å²) in [5, 5.41) is 17.4. The molecule has 2 aromatic carbocycles. The first-order valence-corrected chi connectivity index (χ1v) is 25.1. The molecule has 2 unspecified atom stereocenters. The third-order valence-electron chi connectivity index (χ3n) is 16.4. The summed E-state index contributed by atoms with van der Waals surface area (Å²) in [5.41, 5.74) is 7.09. The van der Waals surface area contributed by atoms with Crippen LogP contribution in [0.4, 0.5) is 4.39 Å². The van der Waals surface area contributed by atoms with E-state index in [1.807, 2.05) is 30.3 Å². The van der Waals surface area contributed by atoms with Crippen LogP contribution in [-0.2, 0) is 39.8 Å². The molecule has 3 N–H and O–H groups in total. The quantitative estimate of drug-likeness (QED) is 0.132. The fourth-order valence-electron chi connectivity index (χ4n) is 12.6. The maximum absolute atomic E-state index is 14.9. The number of halogens is 1. The van der Waals surface area contributed by atoms with Crippen LogP contribution in [0.5, 0.6) is 0 Å². The third kappa shape index (κ3) is 11.1. The number of amides is 3. The highest BCUT2D eigenvalue weighted by atomic mass is 19.1. The Kier molecular flexibility index (Phi) is 16.3. The molecule has 2 heterocycles. The van der Waals surface area contributed by atoms with Gasteiger partial charge in [0.2, 0.25) is 11.8 Å². The van der Waals surface area contributed by atoms with Gasteiger partial charge in [0.15, 0.2) is 17.8 Å². The highest BCUT2D eigenvalue weighted by Gasteiger charge is 2.60. The highest BCUT2D eigenvalue weighted by Crippen LogP contribution is 2.66. The number of nitrogens with zero attached hydrogens (tertiary/aromatic N) is 3. The summed E-state index contributed by atoms with van der Waals surface area (Å²) < 4.78 is 31.9. The number of carbonyl (C=O) groups excluding carboxylic acids is 5. The second-order valence-electron chi connectivity index (χ2n) is 20.3. The van der Waals surface area contributed by atoms with Gasteiger partial charge in [-0.3, -0.25) is 29.4 Å². The second-order valence-corrected chi connectivity index (χ2v) is 20.3. The molecule has 3 saturated carbocycles. The van der Waals surface area contributed by atoms with Crippen molar-refractivity contribution in [3.63, 3.8) is 0 Å². The van der Waals surface area contributed by atoms with E-state index in [2.05, 4.69) is 29.7 Å². The molecule has 0 radical (unpaired) electrons. The largest absolute Gasteiger partial charge is 0.377 e. The van der Waals surface area contributed by atoms with Crippen LogP contribution in [0.2, 0.25) is 0 Å². The first-order chi connectivity index (χ1) is 32.9. The van der Waals surface area contributed by atoms with Gasteiger partial charge in [-0.15, -0.1) is 0 Å². The van der Waals surface area contributed by atoms with Crippen molar-refractivity contribution >= 4 is 35.0 Å². The molecule has 68 heavy (non-hydrogen) atoms. The molecule has 0 aromatic heterocycles. The maximum Gasteiger partial charge on any atom is 0.256 e. The molecule has 4 fully saturated rings. The Hall–Kier alpha value is -4.83. The van der Waals surface area contributed by atoms with Gasteiger partial charge in [0.05, 0.1) is 31.1 Å². The number of hydrazone groups is 1. The molecular formula is C53H70FN5O9. The zero-order chi connectivity index (χ0) is 47.8. The molecule has 2 aromatic rings. The van der Waals surface area contributed by atoms with Gasteiger partial charge in [0, 0.05) is 75.6 Å². The average molecular weight is 940 g/mol. The molecule has 2 aliphatic heterocycles. The molecule has 7 atom stereocenters. The molecule has 4 aliphatic carbocycles. The summed E-state index contributed by atoms with van der Waals surface area (Å²) in [5.74, 6) is 1.12. The summed E-state index contributed by atoms with van der Waals surface area (Å²) in [6.07, 6.45) is 12.3. The number of unbranched alkanes of at least 4 members (excludes halogenated alkanes) is 2. The number of rotatable bonds is 20. The van der Waals surface area contributed by atoms with E-state index in [1.54, 1.807) is 21.9 Å². The topological polar surface area (TPSA) is 176 Å². The van der Waals surface area contributed by atoms with E-state index >= 15 is 0 Å².